The lowest BCUT2D eigenvalue weighted by atomic mass is 10.0. The Hall–Kier alpha value is -1.33. The molecule has 0 spiro atoms. The predicted octanol–water partition coefficient (Wildman–Crippen LogP) is 4.01. The number of aromatic nitrogens is 1. The molecule has 5 heteroatoms. The number of benzene rings is 1. The van der Waals surface area contributed by atoms with E-state index < -0.39 is 0 Å². The number of nitrogens with one attached hydrogen (secondary N) is 1. The second kappa shape index (κ2) is 5.58. The lowest BCUT2D eigenvalue weighted by Crippen LogP contribution is -2.27. The first-order valence-electron chi connectivity index (χ1n) is 6.74. The summed E-state index contributed by atoms with van der Waals surface area (Å²) in [6.45, 7) is 3.90. The molecule has 0 radical (unpaired) electrons. The minimum Gasteiger partial charge on any atom is -0.444 e. The van der Waals surface area contributed by atoms with Gasteiger partial charge in [0.2, 0.25) is 5.89 Å². The molecule has 3 rings (SSSR count). The van der Waals surface area contributed by atoms with Gasteiger partial charge in [0, 0.05) is 10.9 Å². The Balaban J connectivity index is 1.81. The molecule has 2 aromatic rings. The van der Waals surface area contributed by atoms with Crippen LogP contribution < -0.4 is 5.32 Å². The molecule has 1 aromatic heterocycles. The number of hydrogen-bond acceptors (Lipinski definition) is 4. The highest BCUT2D eigenvalue weighted by Gasteiger charge is 2.25. The molecule has 1 aromatic carbocycles. The van der Waals surface area contributed by atoms with Crippen molar-refractivity contribution >= 4 is 11.8 Å². The van der Waals surface area contributed by atoms with Crippen molar-refractivity contribution in [2.75, 3.05) is 5.75 Å². The molecule has 2 atom stereocenters. The fraction of sp³-hybridized carbons (Fsp3) is 0.400. The van der Waals surface area contributed by atoms with Crippen LogP contribution in [0, 0.1) is 12.7 Å². The van der Waals surface area contributed by atoms with E-state index in [9.17, 15) is 4.39 Å². The average molecular weight is 292 g/mol. The minimum absolute atomic E-state index is 0.00733. The summed E-state index contributed by atoms with van der Waals surface area (Å²) in [5.74, 6) is 2.28. The van der Waals surface area contributed by atoms with E-state index in [0.717, 1.165) is 28.4 Å². The highest BCUT2D eigenvalue weighted by Crippen LogP contribution is 2.38. The molecular weight excluding hydrogens is 275 g/mol. The number of hydrogen-bond donors (Lipinski definition) is 1. The molecule has 0 amide bonds. The van der Waals surface area contributed by atoms with E-state index in [0.29, 0.717) is 5.89 Å². The summed E-state index contributed by atoms with van der Waals surface area (Å²) in [4.78, 5) is 5.02. The Morgan fingerprint density at radius 2 is 2.35 bits per heavy atom. The van der Waals surface area contributed by atoms with E-state index in [1.807, 2.05) is 19.9 Å². The van der Waals surface area contributed by atoms with Crippen molar-refractivity contribution in [1.82, 2.24) is 10.3 Å². The van der Waals surface area contributed by atoms with Crippen molar-refractivity contribution < 1.29 is 8.81 Å². The van der Waals surface area contributed by atoms with Crippen molar-refractivity contribution in [1.29, 1.82) is 0 Å². The SMILES string of the molecule is Cc1cnc(C(C)NC2CCSc3c(F)cccc32)o1. The highest BCUT2D eigenvalue weighted by molar-refractivity contribution is 7.99. The van der Waals surface area contributed by atoms with Gasteiger partial charge in [0.05, 0.1) is 12.2 Å². The summed E-state index contributed by atoms with van der Waals surface area (Å²) >= 11 is 1.59. The van der Waals surface area contributed by atoms with Crippen LogP contribution in [0.2, 0.25) is 0 Å². The Bertz CT molecular complexity index is 614. The van der Waals surface area contributed by atoms with Gasteiger partial charge in [0.1, 0.15) is 11.6 Å². The van der Waals surface area contributed by atoms with E-state index in [2.05, 4.69) is 10.3 Å². The molecule has 106 valence electrons. The molecule has 2 heterocycles. The highest BCUT2D eigenvalue weighted by atomic mass is 32.2. The van der Waals surface area contributed by atoms with Gasteiger partial charge in [0.25, 0.3) is 0 Å². The summed E-state index contributed by atoms with van der Waals surface area (Å²) in [5.41, 5.74) is 1.04. The average Bonchev–Trinajstić information content (AvgIpc) is 2.87. The van der Waals surface area contributed by atoms with Crippen molar-refractivity contribution in [3.05, 3.63) is 47.4 Å². The van der Waals surface area contributed by atoms with Gasteiger partial charge >= 0.3 is 0 Å². The van der Waals surface area contributed by atoms with Crippen LogP contribution in [0.1, 0.15) is 42.6 Å². The summed E-state index contributed by atoms with van der Waals surface area (Å²) in [6, 6.07) is 5.44. The fourth-order valence-electron chi connectivity index (χ4n) is 2.51. The summed E-state index contributed by atoms with van der Waals surface area (Å²) in [5, 5.41) is 3.50. The second-order valence-electron chi connectivity index (χ2n) is 5.05. The van der Waals surface area contributed by atoms with Gasteiger partial charge in [-0.15, -0.1) is 11.8 Å². The first-order chi connectivity index (χ1) is 9.65. The Morgan fingerprint density at radius 3 is 3.10 bits per heavy atom. The van der Waals surface area contributed by atoms with E-state index >= 15 is 0 Å². The maximum Gasteiger partial charge on any atom is 0.211 e. The zero-order valence-corrected chi connectivity index (χ0v) is 12.3. The molecule has 20 heavy (non-hydrogen) atoms. The Morgan fingerprint density at radius 1 is 1.50 bits per heavy atom. The molecule has 3 nitrogen and oxygen atoms in total. The Kier molecular flexibility index (Phi) is 3.81. The number of rotatable bonds is 3. The minimum atomic E-state index is -0.126. The smallest absolute Gasteiger partial charge is 0.211 e. The first kappa shape index (κ1) is 13.6. The zero-order chi connectivity index (χ0) is 14.1. The van der Waals surface area contributed by atoms with Crippen LogP contribution in [-0.4, -0.2) is 10.7 Å². The zero-order valence-electron chi connectivity index (χ0n) is 11.5. The molecule has 1 aliphatic heterocycles. The van der Waals surface area contributed by atoms with E-state index in [-0.39, 0.29) is 17.9 Å². The fourth-order valence-corrected chi connectivity index (χ4v) is 3.65. The van der Waals surface area contributed by atoms with Crippen molar-refractivity contribution in [3.63, 3.8) is 0 Å². The number of aryl methyl sites for hydroxylation is 1. The van der Waals surface area contributed by atoms with Crippen molar-refractivity contribution in [2.45, 2.75) is 37.2 Å². The van der Waals surface area contributed by atoms with Crippen molar-refractivity contribution in [3.8, 4) is 0 Å². The number of oxazole rings is 1. The maximum absolute atomic E-state index is 13.8. The van der Waals surface area contributed by atoms with Gasteiger partial charge in [-0.1, -0.05) is 12.1 Å². The summed E-state index contributed by atoms with van der Waals surface area (Å²) < 4.78 is 19.4. The lowest BCUT2D eigenvalue weighted by Gasteiger charge is -2.28. The number of nitrogens with zero attached hydrogens (tertiary/aromatic N) is 1. The topological polar surface area (TPSA) is 38.1 Å². The molecule has 0 bridgehead atoms. The van der Waals surface area contributed by atoms with Gasteiger partial charge in [-0.3, -0.25) is 5.32 Å². The first-order valence-corrected chi connectivity index (χ1v) is 7.73. The number of thioether (sulfide) groups is 1. The molecule has 1 aliphatic rings. The molecule has 0 aliphatic carbocycles. The van der Waals surface area contributed by atoms with E-state index in [4.69, 9.17) is 4.42 Å². The van der Waals surface area contributed by atoms with Crippen molar-refractivity contribution in [2.24, 2.45) is 0 Å². The van der Waals surface area contributed by atoms with Crippen LogP contribution in [0.5, 0.6) is 0 Å². The van der Waals surface area contributed by atoms with Gasteiger partial charge in [-0.2, -0.15) is 0 Å². The van der Waals surface area contributed by atoms with Crippen LogP contribution in [0.4, 0.5) is 4.39 Å². The third kappa shape index (κ3) is 2.60. The van der Waals surface area contributed by atoms with Gasteiger partial charge in [-0.25, -0.2) is 9.37 Å². The van der Waals surface area contributed by atoms with Crippen LogP contribution in [-0.2, 0) is 0 Å². The molecule has 0 fully saturated rings. The summed E-state index contributed by atoms with van der Waals surface area (Å²) in [7, 11) is 0. The normalized spacial score (nSPS) is 19.6. The number of halogens is 1. The maximum atomic E-state index is 13.8. The predicted molar refractivity (Wildman–Crippen MR) is 77.3 cm³/mol. The molecule has 2 unspecified atom stereocenters. The van der Waals surface area contributed by atoms with E-state index in [1.165, 1.54) is 6.07 Å². The van der Waals surface area contributed by atoms with Crippen LogP contribution in [0.3, 0.4) is 0 Å². The standard InChI is InChI=1S/C15H17FN2OS/c1-9-8-17-15(19-9)10(2)18-13-6-7-20-14-11(13)4-3-5-12(14)16/h3-5,8,10,13,18H,6-7H2,1-2H3. The van der Waals surface area contributed by atoms with Gasteiger partial charge in [-0.05, 0) is 37.7 Å². The van der Waals surface area contributed by atoms with E-state index in [1.54, 1.807) is 24.0 Å². The monoisotopic (exact) mass is 292 g/mol. The number of fused-ring (bicyclic) bond motifs is 1. The third-order valence-electron chi connectivity index (χ3n) is 3.49. The third-order valence-corrected chi connectivity index (χ3v) is 4.65. The molecule has 1 N–H and O–H groups in total. The largest absolute Gasteiger partial charge is 0.444 e. The lowest BCUT2D eigenvalue weighted by molar-refractivity contribution is 0.364. The Labute approximate surface area is 122 Å². The molecule has 0 saturated carbocycles. The summed E-state index contributed by atoms with van der Waals surface area (Å²) in [6.07, 6.45) is 2.70. The van der Waals surface area contributed by atoms with Crippen LogP contribution in [0.25, 0.3) is 0 Å². The van der Waals surface area contributed by atoms with Gasteiger partial charge in [0.15, 0.2) is 0 Å². The van der Waals surface area contributed by atoms with Crippen LogP contribution in [0.15, 0.2) is 33.7 Å². The molecule has 0 saturated heterocycles. The van der Waals surface area contributed by atoms with Crippen LogP contribution >= 0.6 is 11.8 Å². The quantitative estimate of drug-likeness (QED) is 0.927. The second-order valence-corrected chi connectivity index (χ2v) is 6.15. The molecular formula is C15H17FN2OS. The van der Waals surface area contributed by atoms with Gasteiger partial charge < -0.3 is 4.42 Å².